The second kappa shape index (κ2) is 5.88. The molecule has 1 aliphatic carbocycles. The third-order valence-electron chi connectivity index (χ3n) is 3.62. The third kappa shape index (κ3) is 3.55. The molecule has 2 atom stereocenters. The molecule has 0 saturated heterocycles. The van der Waals surface area contributed by atoms with Crippen LogP contribution in [-0.4, -0.2) is 31.0 Å². The Bertz CT molecular complexity index is 583. The molecule has 1 aromatic rings. The van der Waals surface area contributed by atoms with Crippen LogP contribution in [0.25, 0.3) is 0 Å². The normalized spacial score (nSPS) is 22.9. The molecule has 20 heavy (non-hydrogen) atoms. The number of carboxylic acids is 1. The zero-order valence-corrected chi connectivity index (χ0v) is 12.1. The van der Waals surface area contributed by atoms with Crippen LogP contribution in [0.2, 0.25) is 0 Å². The van der Waals surface area contributed by atoms with Gasteiger partial charge in [-0.3, -0.25) is 0 Å². The van der Waals surface area contributed by atoms with Crippen molar-refractivity contribution in [3.05, 3.63) is 23.9 Å². The zero-order chi connectivity index (χ0) is 14.8. The van der Waals surface area contributed by atoms with Gasteiger partial charge in [0, 0.05) is 12.7 Å². The van der Waals surface area contributed by atoms with Gasteiger partial charge in [0.25, 0.3) is 10.0 Å². The number of pyridine rings is 1. The molecule has 2 unspecified atom stereocenters. The van der Waals surface area contributed by atoms with Crippen LogP contribution in [-0.2, 0) is 10.0 Å². The van der Waals surface area contributed by atoms with Crippen molar-refractivity contribution in [3.63, 3.8) is 0 Å². The minimum atomic E-state index is -3.66. The number of aromatic nitrogens is 1. The van der Waals surface area contributed by atoms with Gasteiger partial charge in [0.05, 0.1) is 5.56 Å². The summed E-state index contributed by atoms with van der Waals surface area (Å²) in [7, 11) is -3.66. The predicted octanol–water partition coefficient (Wildman–Crippen LogP) is 1.49. The lowest BCUT2D eigenvalue weighted by molar-refractivity contribution is 0.0696. The number of nitrogens with zero attached hydrogens (tertiary/aromatic N) is 1. The first kappa shape index (κ1) is 14.9. The second-order valence-electron chi connectivity index (χ2n) is 5.33. The highest BCUT2D eigenvalue weighted by molar-refractivity contribution is 7.89. The molecular weight excluding hydrogens is 280 g/mol. The maximum Gasteiger partial charge on any atom is 0.337 e. The molecule has 0 spiro atoms. The first-order valence-electron chi connectivity index (χ1n) is 6.57. The third-order valence-corrected chi connectivity index (χ3v) is 4.96. The Morgan fingerprint density at radius 3 is 2.70 bits per heavy atom. The smallest absolute Gasteiger partial charge is 0.337 e. The van der Waals surface area contributed by atoms with E-state index in [1.165, 1.54) is 12.1 Å². The Morgan fingerprint density at radius 2 is 2.20 bits per heavy atom. The Hall–Kier alpha value is -1.47. The molecule has 110 valence electrons. The van der Waals surface area contributed by atoms with Gasteiger partial charge in [-0.1, -0.05) is 13.3 Å². The molecule has 1 saturated carbocycles. The van der Waals surface area contributed by atoms with Crippen molar-refractivity contribution in [2.45, 2.75) is 31.2 Å². The Balaban J connectivity index is 2.00. The molecule has 2 N–H and O–H groups in total. The summed E-state index contributed by atoms with van der Waals surface area (Å²) in [6.07, 6.45) is 4.26. The van der Waals surface area contributed by atoms with Crippen LogP contribution in [0.4, 0.5) is 0 Å². The largest absolute Gasteiger partial charge is 0.478 e. The molecule has 0 radical (unpaired) electrons. The summed E-state index contributed by atoms with van der Waals surface area (Å²) in [5.74, 6) is -0.107. The maximum atomic E-state index is 12.0. The molecule has 7 heteroatoms. The SMILES string of the molecule is CC1CCC(CNS(=O)(=O)c2ccc(C(=O)O)cn2)C1. The summed E-state index contributed by atoms with van der Waals surface area (Å²) in [6, 6.07) is 2.45. The molecule has 2 rings (SSSR count). The topological polar surface area (TPSA) is 96.4 Å². The molecule has 1 aliphatic rings. The maximum absolute atomic E-state index is 12.0. The van der Waals surface area contributed by atoms with Gasteiger partial charge >= 0.3 is 5.97 Å². The number of aromatic carboxylic acids is 1. The van der Waals surface area contributed by atoms with E-state index < -0.39 is 16.0 Å². The Labute approximate surface area is 118 Å². The van der Waals surface area contributed by atoms with Crippen molar-refractivity contribution in [2.24, 2.45) is 11.8 Å². The van der Waals surface area contributed by atoms with Crippen LogP contribution in [0, 0.1) is 11.8 Å². The molecule has 6 nitrogen and oxygen atoms in total. The number of carboxylic acid groups (broad SMARTS) is 1. The van der Waals surface area contributed by atoms with Crippen molar-refractivity contribution < 1.29 is 18.3 Å². The van der Waals surface area contributed by atoms with Gasteiger partial charge in [-0.05, 0) is 36.8 Å². The van der Waals surface area contributed by atoms with Crippen LogP contribution in [0.5, 0.6) is 0 Å². The minimum absolute atomic E-state index is 0.0337. The molecule has 0 aliphatic heterocycles. The van der Waals surface area contributed by atoms with E-state index in [1.54, 1.807) is 0 Å². The number of hydrogen-bond donors (Lipinski definition) is 2. The summed E-state index contributed by atoms with van der Waals surface area (Å²) in [4.78, 5) is 14.4. The van der Waals surface area contributed by atoms with Gasteiger partial charge in [0.2, 0.25) is 0 Å². The Kier molecular flexibility index (Phi) is 4.39. The van der Waals surface area contributed by atoms with Crippen molar-refractivity contribution in [2.75, 3.05) is 6.54 Å². The quantitative estimate of drug-likeness (QED) is 0.858. The van der Waals surface area contributed by atoms with Crippen molar-refractivity contribution in [1.82, 2.24) is 9.71 Å². The summed E-state index contributed by atoms with van der Waals surface area (Å²) in [5.41, 5.74) is -0.0337. The van der Waals surface area contributed by atoms with E-state index in [4.69, 9.17) is 5.11 Å². The molecule has 1 fully saturated rings. The minimum Gasteiger partial charge on any atom is -0.478 e. The van der Waals surface area contributed by atoms with Crippen LogP contribution in [0.3, 0.4) is 0 Å². The summed E-state index contributed by atoms with van der Waals surface area (Å²) >= 11 is 0. The highest BCUT2D eigenvalue weighted by Gasteiger charge is 2.24. The molecular formula is C13H18N2O4S. The van der Waals surface area contributed by atoms with E-state index in [2.05, 4.69) is 16.6 Å². The summed E-state index contributed by atoms with van der Waals surface area (Å²) in [5, 5.41) is 8.60. The summed E-state index contributed by atoms with van der Waals surface area (Å²) < 4.78 is 26.6. The highest BCUT2D eigenvalue weighted by atomic mass is 32.2. The second-order valence-corrected chi connectivity index (χ2v) is 7.04. The molecule has 0 amide bonds. The monoisotopic (exact) mass is 298 g/mol. The lowest BCUT2D eigenvalue weighted by Crippen LogP contribution is -2.29. The number of carbonyl (C=O) groups is 1. The van der Waals surface area contributed by atoms with Gasteiger partial charge < -0.3 is 5.11 Å². The van der Waals surface area contributed by atoms with Crippen LogP contribution in [0.1, 0.15) is 36.5 Å². The Morgan fingerprint density at radius 1 is 1.45 bits per heavy atom. The summed E-state index contributed by atoms with van der Waals surface area (Å²) in [6.45, 7) is 2.58. The van der Waals surface area contributed by atoms with Crippen LogP contribution < -0.4 is 4.72 Å². The average molecular weight is 298 g/mol. The van der Waals surface area contributed by atoms with E-state index in [0.29, 0.717) is 18.4 Å². The average Bonchev–Trinajstić information content (AvgIpc) is 2.82. The van der Waals surface area contributed by atoms with Gasteiger partial charge in [-0.25, -0.2) is 22.9 Å². The van der Waals surface area contributed by atoms with E-state index >= 15 is 0 Å². The van der Waals surface area contributed by atoms with Crippen molar-refractivity contribution in [3.8, 4) is 0 Å². The predicted molar refractivity (Wildman–Crippen MR) is 72.9 cm³/mol. The van der Waals surface area contributed by atoms with Crippen LogP contribution >= 0.6 is 0 Å². The lowest BCUT2D eigenvalue weighted by Gasteiger charge is -2.11. The van der Waals surface area contributed by atoms with Gasteiger partial charge in [0.15, 0.2) is 5.03 Å². The molecule has 1 aromatic heterocycles. The fourth-order valence-corrected chi connectivity index (χ4v) is 3.52. The highest BCUT2D eigenvalue weighted by Crippen LogP contribution is 2.29. The van der Waals surface area contributed by atoms with Crippen LogP contribution in [0.15, 0.2) is 23.4 Å². The molecule has 1 heterocycles. The first-order chi connectivity index (χ1) is 9.38. The van der Waals surface area contributed by atoms with E-state index in [9.17, 15) is 13.2 Å². The van der Waals surface area contributed by atoms with E-state index in [0.717, 1.165) is 25.5 Å². The van der Waals surface area contributed by atoms with E-state index in [-0.39, 0.29) is 10.6 Å². The fourth-order valence-electron chi connectivity index (χ4n) is 2.48. The fraction of sp³-hybridized carbons (Fsp3) is 0.538. The number of nitrogens with one attached hydrogen (secondary N) is 1. The number of rotatable bonds is 5. The molecule has 0 aromatic carbocycles. The van der Waals surface area contributed by atoms with Crippen molar-refractivity contribution >= 4 is 16.0 Å². The van der Waals surface area contributed by atoms with Gasteiger partial charge in [0.1, 0.15) is 0 Å². The zero-order valence-electron chi connectivity index (χ0n) is 11.2. The lowest BCUT2D eigenvalue weighted by atomic mass is 10.1. The first-order valence-corrected chi connectivity index (χ1v) is 8.06. The standard InChI is InChI=1S/C13H18N2O4S/c1-9-2-3-10(6-9)7-15-20(18,19)12-5-4-11(8-14-12)13(16)17/h4-5,8-10,15H,2-3,6-7H2,1H3,(H,16,17). The molecule has 0 bridgehead atoms. The number of hydrogen-bond acceptors (Lipinski definition) is 4. The van der Waals surface area contributed by atoms with Gasteiger partial charge in [-0.15, -0.1) is 0 Å². The van der Waals surface area contributed by atoms with E-state index in [1.807, 2.05) is 0 Å². The van der Waals surface area contributed by atoms with Crippen molar-refractivity contribution in [1.29, 1.82) is 0 Å². The number of sulfonamides is 1. The van der Waals surface area contributed by atoms with Gasteiger partial charge in [-0.2, -0.15) is 0 Å².